The zero-order chi connectivity index (χ0) is 15.2. The lowest BCUT2D eigenvalue weighted by atomic mass is 9.88. The van der Waals surface area contributed by atoms with Crippen molar-refractivity contribution in [3.63, 3.8) is 0 Å². The third kappa shape index (κ3) is 4.01. The normalized spacial score (nSPS) is 15.9. The van der Waals surface area contributed by atoms with Gasteiger partial charge in [-0.1, -0.05) is 19.1 Å². The Morgan fingerprint density at radius 2 is 1.95 bits per heavy atom. The Labute approximate surface area is 123 Å². The largest absolute Gasteiger partial charge is 0.354 e. The standard InChI is InChI=1S/C15H20FN3O2/c1-10(11-8-17-9-11)14(20)18-6-7-19-15(21)12-4-2-3-5-13(12)16/h2-5,10-11,17H,6-9H2,1H3,(H,18,20)(H,19,21). The van der Waals surface area contributed by atoms with Crippen LogP contribution >= 0.6 is 0 Å². The molecule has 0 saturated carbocycles. The first-order chi connectivity index (χ1) is 10.1. The summed E-state index contributed by atoms with van der Waals surface area (Å²) in [6, 6.07) is 5.80. The van der Waals surface area contributed by atoms with Gasteiger partial charge in [0.15, 0.2) is 0 Å². The molecule has 0 spiro atoms. The number of hydrogen-bond donors (Lipinski definition) is 3. The highest BCUT2D eigenvalue weighted by molar-refractivity contribution is 5.94. The van der Waals surface area contributed by atoms with Crippen LogP contribution in [0.25, 0.3) is 0 Å². The van der Waals surface area contributed by atoms with Crippen molar-refractivity contribution < 1.29 is 14.0 Å². The molecule has 2 rings (SSSR count). The predicted molar refractivity (Wildman–Crippen MR) is 77.3 cm³/mol. The van der Waals surface area contributed by atoms with Gasteiger partial charge in [0, 0.05) is 19.0 Å². The maximum Gasteiger partial charge on any atom is 0.254 e. The highest BCUT2D eigenvalue weighted by atomic mass is 19.1. The Bertz CT molecular complexity index is 517. The van der Waals surface area contributed by atoms with Crippen LogP contribution < -0.4 is 16.0 Å². The van der Waals surface area contributed by atoms with Gasteiger partial charge in [-0.3, -0.25) is 9.59 Å². The molecular formula is C15H20FN3O2. The fraction of sp³-hybridized carbons (Fsp3) is 0.467. The van der Waals surface area contributed by atoms with E-state index in [1.165, 1.54) is 18.2 Å². The highest BCUT2D eigenvalue weighted by Crippen LogP contribution is 2.15. The summed E-state index contributed by atoms with van der Waals surface area (Å²) in [5.41, 5.74) is 0.0118. The molecule has 21 heavy (non-hydrogen) atoms. The number of benzene rings is 1. The van der Waals surface area contributed by atoms with Gasteiger partial charge in [-0.25, -0.2) is 4.39 Å². The fourth-order valence-corrected chi connectivity index (χ4v) is 2.14. The van der Waals surface area contributed by atoms with Crippen molar-refractivity contribution >= 4 is 11.8 Å². The number of hydrogen-bond acceptors (Lipinski definition) is 3. The van der Waals surface area contributed by atoms with E-state index in [0.29, 0.717) is 12.5 Å². The van der Waals surface area contributed by atoms with Gasteiger partial charge in [0.25, 0.3) is 5.91 Å². The predicted octanol–water partition coefficient (Wildman–Crippen LogP) is 0.527. The molecule has 6 heteroatoms. The Morgan fingerprint density at radius 3 is 2.57 bits per heavy atom. The van der Waals surface area contributed by atoms with Crippen LogP contribution in [0.1, 0.15) is 17.3 Å². The van der Waals surface area contributed by atoms with Crippen LogP contribution in [0.5, 0.6) is 0 Å². The van der Waals surface area contributed by atoms with Gasteiger partial charge in [-0.05, 0) is 31.1 Å². The third-order valence-corrected chi connectivity index (χ3v) is 3.76. The van der Waals surface area contributed by atoms with Gasteiger partial charge in [-0.2, -0.15) is 0 Å². The average Bonchev–Trinajstić information content (AvgIpc) is 2.41. The molecule has 1 aromatic carbocycles. The summed E-state index contributed by atoms with van der Waals surface area (Å²) in [5.74, 6) is -0.683. The SMILES string of the molecule is CC(C(=O)NCCNC(=O)c1ccccc1F)C1CNC1. The van der Waals surface area contributed by atoms with E-state index in [4.69, 9.17) is 0 Å². The first-order valence-corrected chi connectivity index (χ1v) is 7.10. The molecule has 3 N–H and O–H groups in total. The van der Waals surface area contributed by atoms with Crippen LogP contribution in [0.15, 0.2) is 24.3 Å². The minimum Gasteiger partial charge on any atom is -0.354 e. The molecule has 114 valence electrons. The molecular weight excluding hydrogens is 273 g/mol. The maximum absolute atomic E-state index is 13.4. The van der Waals surface area contributed by atoms with Crippen molar-refractivity contribution in [3.8, 4) is 0 Å². The van der Waals surface area contributed by atoms with Crippen molar-refractivity contribution in [2.45, 2.75) is 6.92 Å². The number of nitrogens with one attached hydrogen (secondary N) is 3. The Morgan fingerprint density at radius 1 is 1.29 bits per heavy atom. The minimum atomic E-state index is -0.551. The van der Waals surface area contributed by atoms with Crippen molar-refractivity contribution in [1.82, 2.24) is 16.0 Å². The Kier molecular flexibility index (Phi) is 5.27. The van der Waals surface area contributed by atoms with Crippen LogP contribution in [-0.2, 0) is 4.79 Å². The second-order valence-corrected chi connectivity index (χ2v) is 5.23. The number of rotatable bonds is 6. The summed E-state index contributed by atoms with van der Waals surface area (Å²) in [6.45, 7) is 4.26. The van der Waals surface area contributed by atoms with Gasteiger partial charge < -0.3 is 16.0 Å². The summed E-state index contributed by atoms with van der Waals surface area (Å²) < 4.78 is 13.4. The van der Waals surface area contributed by atoms with Gasteiger partial charge >= 0.3 is 0 Å². The fourth-order valence-electron chi connectivity index (χ4n) is 2.14. The zero-order valence-electron chi connectivity index (χ0n) is 12.0. The molecule has 1 heterocycles. The van der Waals surface area contributed by atoms with E-state index in [9.17, 15) is 14.0 Å². The second-order valence-electron chi connectivity index (χ2n) is 5.23. The Hall–Kier alpha value is -1.95. The lowest BCUT2D eigenvalue weighted by Gasteiger charge is -2.31. The third-order valence-electron chi connectivity index (χ3n) is 3.76. The van der Waals surface area contributed by atoms with Crippen molar-refractivity contribution in [2.75, 3.05) is 26.2 Å². The molecule has 1 atom stereocenters. The first-order valence-electron chi connectivity index (χ1n) is 7.10. The molecule has 1 aliphatic rings. The molecule has 1 aliphatic heterocycles. The summed E-state index contributed by atoms with van der Waals surface area (Å²) >= 11 is 0. The summed E-state index contributed by atoms with van der Waals surface area (Å²) in [5, 5.41) is 8.49. The zero-order valence-corrected chi connectivity index (χ0v) is 12.0. The van der Waals surface area contributed by atoms with E-state index >= 15 is 0 Å². The molecule has 5 nitrogen and oxygen atoms in total. The van der Waals surface area contributed by atoms with E-state index < -0.39 is 11.7 Å². The number of carbonyl (C=O) groups excluding carboxylic acids is 2. The summed E-state index contributed by atoms with van der Waals surface area (Å²) in [6.07, 6.45) is 0. The smallest absolute Gasteiger partial charge is 0.254 e. The monoisotopic (exact) mass is 293 g/mol. The molecule has 0 aliphatic carbocycles. The van der Waals surface area contributed by atoms with Crippen LogP contribution in [0.4, 0.5) is 4.39 Å². The van der Waals surface area contributed by atoms with Gasteiger partial charge in [0.1, 0.15) is 5.82 Å². The number of carbonyl (C=O) groups is 2. The number of halogens is 1. The second kappa shape index (κ2) is 7.17. The Balaban J connectivity index is 1.68. The quantitative estimate of drug-likeness (QED) is 0.670. The molecule has 0 radical (unpaired) electrons. The van der Waals surface area contributed by atoms with Crippen LogP contribution in [0, 0.1) is 17.7 Å². The van der Waals surface area contributed by atoms with Crippen molar-refractivity contribution in [2.24, 2.45) is 11.8 Å². The lowest BCUT2D eigenvalue weighted by molar-refractivity contribution is -0.126. The topological polar surface area (TPSA) is 70.2 Å². The van der Waals surface area contributed by atoms with Crippen molar-refractivity contribution in [3.05, 3.63) is 35.6 Å². The minimum absolute atomic E-state index is 0.0118. The maximum atomic E-state index is 13.4. The average molecular weight is 293 g/mol. The van der Waals surface area contributed by atoms with E-state index in [1.54, 1.807) is 6.07 Å². The first kappa shape index (κ1) is 15.4. The van der Waals surface area contributed by atoms with E-state index in [-0.39, 0.29) is 23.9 Å². The lowest BCUT2D eigenvalue weighted by Crippen LogP contribution is -2.50. The van der Waals surface area contributed by atoms with Crippen LogP contribution in [-0.4, -0.2) is 38.0 Å². The van der Waals surface area contributed by atoms with Crippen LogP contribution in [0.2, 0.25) is 0 Å². The van der Waals surface area contributed by atoms with E-state index in [1.807, 2.05) is 6.92 Å². The molecule has 1 saturated heterocycles. The summed E-state index contributed by atoms with van der Waals surface area (Å²) in [7, 11) is 0. The number of amides is 2. The summed E-state index contributed by atoms with van der Waals surface area (Å²) in [4.78, 5) is 23.6. The van der Waals surface area contributed by atoms with Crippen molar-refractivity contribution in [1.29, 1.82) is 0 Å². The molecule has 1 fully saturated rings. The highest BCUT2D eigenvalue weighted by Gasteiger charge is 2.28. The molecule has 0 aromatic heterocycles. The molecule has 2 amide bonds. The van der Waals surface area contributed by atoms with E-state index in [2.05, 4.69) is 16.0 Å². The van der Waals surface area contributed by atoms with E-state index in [0.717, 1.165) is 13.1 Å². The van der Waals surface area contributed by atoms with Gasteiger partial charge in [0.2, 0.25) is 5.91 Å². The van der Waals surface area contributed by atoms with Gasteiger partial charge in [0.05, 0.1) is 5.56 Å². The molecule has 1 unspecified atom stereocenters. The molecule has 0 bridgehead atoms. The van der Waals surface area contributed by atoms with Gasteiger partial charge in [-0.15, -0.1) is 0 Å². The molecule has 1 aromatic rings. The van der Waals surface area contributed by atoms with Crippen LogP contribution in [0.3, 0.4) is 0 Å².